The fraction of sp³-hybridized carbons (Fsp3) is 0.594. The minimum atomic E-state index is -3.24. The molecule has 2 aliphatic rings. The molecule has 2 aliphatic heterocycles. The van der Waals surface area contributed by atoms with Crippen molar-refractivity contribution in [1.82, 2.24) is 9.21 Å². The Morgan fingerprint density at radius 1 is 0.905 bits per heavy atom. The van der Waals surface area contributed by atoms with E-state index in [-0.39, 0.29) is 11.8 Å². The number of carbonyl (C=O) groups is 1. The molecule has 0 bridgehead atoms. The average Bonchev–Trinajstić information content (AvgIpc) is 2.95. The average molecular weight is 618 g/mol. The van der Waals surface area contributed by atoms with E-state index in [4.69, 9.17) is 0 Å². The molecule has 0 spiro atoms. The van der Waals surface area contributed by atoms with Gasteiger partial charge < -0.3 is 9.80 Å². The van der Waals surface area contributed by atoms with Crippen LogP contribution in [0.4, 0.5) is 5.69 Å². The summed E-state index contributed by atoms with van der Waals surface area (Å²) in [6.45, 7) is 8.70. The molecule has 232 valence electrons. The maximum absolute atomic E-state index is 13.8. The summed E-state index contributed by atoms with van der Waals surface area (Å²) in [5, 5.41) is 0. The van der Waals surface area contributed by atoms with Crippen LogP contribution in [-0.2, 0) is 31.1 Å². The lowest BCUT2D eigenvalue weighted by molar-refractivity contribution is -0.123. The number of hydrogen-bond donors (Lipinski definition) is 0. The van der Waals surface area contributed by atoms with E-state index >= 15 is 0 Å². The van der Waals surface area contributed by atoms with Gasteiger partial charge in [-0.1, -0.05) is 38.1 Å². The number of rotatable bonds is 11. The van der Waals surface area contributed by atoms with Gasteiger partial charge in [-0.2, -0.15) is 0 Å². The Balaban J connectivity index is 1.32. The van der Waals surface area contributed by atoms with Gasteiger partial charge in [-0.3, -0.25) is 4.79 Å². The van der Waals surface area contributed by atoms with Crippen molar-refractivity contribution < 1.29 is 21.6 Å². The number of likely N-dealkylation sites (tertiary alicyclic amines) is 1. The summed E-state index contributed by atoms with van der Waals surface area (Å²) in [4.78, 5) is 18.6. The highest BCUT2D eigenvalue weighted by atomic mass is 32.2. The van der Waals surface area contributed by atoms with Gasteiger partial charge in [0.25, 0.3) is 0 Å². The number of benzene rings is 2. The Hall–Kier alpha value is -2.27. The lowest BCUT2D eigenvalue weighted by Gasteiger charge is -2.35. The molecule has 0 saturated carbocycles. The third-order valence-corrected chi connectivity index (χ3v) is 11.3. The van der Waals surface area contributed by atoms with Crippen molar-refractivity contribution in [2.24, 2.45) is 11.8 Å². The zero-order valence-corrected chi connectivity index (χ0v) is 27.2. The van der Waals surface area contributed by atoms with Crippen LogP contribution in [0.2, 0.25) is 0 Å². The minimum absolute atomic E-state index is 0.102. The van der Waals surface area contributed by atoms with Crippen molar-refractivity contribution in [3.8, 4) is 0 Å². The van der Waals surface area contributed by atoms with E-state index in [1.807, 2.05) is 29.2 Å². The highest BCUT2D eigenvalue weighted by Gasteiger charge is 2.32. The van der Waals surface area contributed by atoms with Gasteiger partial charge in [0.05, 0.1) is 11.2 Å². The normalized spacial score (nSPS) is 18.4. The van der Waals surface area contributed by atoms with Crippen molar-refractivity contribution in [2.45, 2.75) is 63.2 Å². The van der Waals surface area contributed by atoms with Crippen molar-refractivity contribution in [2.75, 3.05) is 56.7 Å². The van der Waals surface area contributed by atoms with Crippen LogP contribution in [0.25, 0.3) is 0 Å². The fourth-order valence-corrected chi connectivity index (χ4v) is 7.65. The second kappa shape index (κ2) is 14.0. The monoisotopic (exact) mass is 617 g/mol. The maximum atomic E-state index is 13.8. The third kappa shape index (κ3) is 8.88. The van der Waals surface area contributed by atoms with E-state index in [0.717, 1.165) is 51.0 Å². The van der Waals surface area contributed by atoms with E-state index in [1.54, 1.807) is 12.1 Å². The number of sulfone groups is 1. The highest BCUT2D eigenvalue weighted by Crippen LogP contribution is 2.28. The molecule has 8 nitrogen and oxygen atoms in total. The Bertz CT molecular complexity index is 1410. The summed E-state index contributed by atoms with van der Waals surface area (Å²) >= 11 is 0. The van der Waals surface area contributed by atoms with Crippen LogP contribution >= 0.6 is 0 Å². The van der Waals surface area contributed by atoms with Gasteiger partial charge in [-0.05, 0) is 105 Å². The summed E-state index contributed by atoms with van der Waals surface area (Å²) in [6.07, 6.45) is 7.62. The van der Waals surface area contributed by atoms with E-state index in [2.05, 4.69) is 30.9 Å². The van der Waals surface area contributed by atoms with Crippen LogP contribution in [0.3, 0.4) is 0 Å². The number of nitrogens with zero attached hydrogens (tertiary/aromatic N) is 3. The van der Waals surface area contributed by atoms with Gasteiger partial charge in [-0.15, -0.1) is 0 Å². The standard InChI is InChI=1S/C32H47N3O5S2/c1-25(2)29-7-5-8-30(24-29)35(32(36)28-15-21-34(22-16-28)42(4,39)40)18-6-17-33-19-13-27(14-20-33)23-26-9-11-31(12-10-26)41(3,37)38/h5,7-12,24-25,27-28H,6,13-23H2,1-4H3. The number of carbonyl (C=O) groups excluding carboxylic acids is 1. The molecule has 2 fully saturated rings. The van der Waals surface area contributed by atoms with E-state index in [0.29, 0.717) is 49.2 Å². The molecule has 0 atom stereocenters. The predicted octanol–water partition coefficient (Wildman–Crippen LogP) is 4.56. The summed E-state index contributed by atoms with van der Waals surface area (Å²) in [7, 11) is -6.41. The zero-order chi connectivity index (χ0) is 30.5. The molecule has 2 aromatic carbocycles. The third-order valence-electron chi connectivity index (χ3n) is 8.83. The van der Waals surface area contributed by atoms with Gasteiger partial charge >= 0.3 is 0 Å². The van der Waals surface area contributed by atoms with Gasteiger partial charge in [0.2, 0.25) is 15.9 Å². The molecule has 2 saturated heterocycles. The highest BCUT2D eigenvalue weighted by molar-refractivity contribution is 7.90. The molecule has 0 aliphatic carbocycles. The second-order valence-corrected chi connectivity index (χ2v) is 16.4. The summed E-state index contributed by atoms with van der Waals surface area (Å²) in [5.41, 5.74) is 3.31. The molecular formula is C32H47N3O5S2. The van der Waals surface area contributed by atoms with Gasteiger partial charge in [0, 0.05) is 37.5 Å². The van der Waals surface area contributed by atoms with Crippen LogP contribution in [0.5, 0.6) is 0 Å². The molecule has 2 heterocycles. The van der Waals surface area contributed by atoms with Crippen LogP contribution in [-0.4, -0.2) is 83.7 Å². The Morgan fingerprint density at radius 2 is 1.55 bits per heavy atom. The Labute approximate surface area is 253 Å². The predicted molar refractivity (Wildman–Crippen MR) is 169 cm³/mol. The summed E-state index contributed by atoms with van der Waals surface area (Å²) in [6, 6.07) is 15.6. The van der Waals surface area contributed by atoms with Crippen molar-refractivity contribution >= 4 is 31.5 Å². The molecule has 4 rings (SSSR count). The first-order valence-electron chi connectivity index (χ1n) is 15.2. The summed E-state index contributed by atoms with van der Waals surface area (Å²) < 4.78 is 48.9. The fourth-order valence-electron chi connectivity index (χ4n) is 6.15. The number of piperidine rings is 2. The van der Waals surface area contributed by atoms with Crippen LogP contribution in [0.15, 0.2) is 53.4 Å². The van der Waals surface area contributed by atoms with Gasteiger partial charge in [0.15, 0.2) is 9.84 Å². The molecule has 0 unspecified atom stereocenters. The first-order chi connectivity index (χ1) is 19.8. The molecule has 0 aromatic heterocycles. The molecule has 1 amide bonds. The van der Waals surface area contributed by atoms with E-state index in [1.165, 1.54) is 27.9 Å². The topological polar surface area (TPSA) is 95.1 Å². The van der Waals surface area contributed by atoms with E-state index in [9.17, 15) is 21.6 Å². The van der Waals surface area contributed by atoms with Crippen molar-refractivity contribution in [1.29, 1.82) is 0 Å². The summed E-state index contributed by atoms with van der Waals surface area (Å²) in [5.74, 6) is 0.872. The smallest absolute Gasteiger partial charge is 0.230 e. The molecule has 2 aromatic rings. The number of amides is 1. The molecule has 10 heteroatoms. The van der Waals surface area contributed by atoms with Crippen molar-refractivity contribution in [3.05, 3.63) is 59.7 Å². The van der Waals surface area contributed by atoms with Crippen LogP contribution < -0.4 is 4.90 Å². The largest absolute Gasteiger partial charge is 0.312 e. The maximum Gasteiger partial charge on any atom is 0.230 e. The Kier molecular flexibility index (Phi) is 10.9. The van der Waals surface area contributed by atoms with Crippen molar-refractivity contribution in [3.63, 3.8) is 0 Å². The first kappa shape index (κ1) is 32.6. The second-order valence-electron chi connectivity index (χ2n) is 12.4. The van der Waals surface area contributed by atoms with Gasteiger partial charge in [-0.25, -0.2) is 21.1 Å². The lowest BCUT2D eigenvalue weighted by atomic mass is 9.90. The van der Waals surface area contributed by atoms with Crippen LogP contribution in [0.1, 0.15) is 63.0 Å². The number of sulfonamides is 1. The first-order valence-corrected chi connectivity index (χ1v) is 18.9. The minimum Gasteiger partial charge on any atom is -0.312 e. The Morgan fingerprint density at radius 3 is 2.12 bits per heavy atom. The van der Waals surface area contributed by atoms with E-state index < -0.39 is 19.9 Å². The quantitative estimate of drug-likeness (QED) is 0.367. The molecule has 42 heavy (non-hydrogen) atoms. The lowest BCUT2D eigenvalue weighted by Crippen LogP contribution is -2.45. The molecular weight excluding hydrogens is 571 g/mol. The SMILES string of the molecule is CC(C)c1cccc(N(CCCN2CCC(Cc3ccc(S(C)(=O)=O)cc3)CC2)C(=O)C2CCN(S(C)(=O)=O)CC2)c1. The van der Waals surface area contributed by atoms with Gasteiger partial charge in [0.1, 0.15) is 0 Å². The van der Waals surface area contributed by atoms with Crippen LogP contribution in [0, 0.1) is 11.8 Å². The zero-order valence-electron chi connectivity index (χ0n) is 25.5. The number of anilines is 1. The molecule has 0 radical (unpaired) electrons. The number of hydrogen-bond acceptors (Lipinski definition) is 6. The molecule has 0 N–H and O–H groups in total.